The second-order valence-corrected chi connectivity index (χ2v) is 9.70. The van der Waals surface area contributed by atoms with E-state index in [-0.39, 0.29) is 35.4 Å². The summed E-state index contributed by atoms with van der Waals surface area (Å²) in [7, 11) is 0. The molecule has 1 unspecified atom stereocenters. The summed E-state index contributed by atoms with van der Waals surface area (Å²) < 4.78 is 46.9. The number of amides is 2. The predicted molar refractivity (Wildman–Crippen MR) is 129 cm³/mol. The number of aryl methyl sites for hydroxylation is 1. The zero-order chi connectivity index (χ0) is 26.2. The van der Waals surface area contributed by atoms with Crippen molar-refractivity contribution in [3.05, 3.63) is 77.5 Å². The standard InChI is InChI=1S/C27H26F3N3O4/c1-17-5-7-19(8-6-17)22-11-20(12-31-22)25(35)33-13-23(26(14-33)15-36-16-26)32-24(34)10-18-3-2-4-21(9-18)37-27(28,29)30/h2-9,11-12,23,31H,10,13-16H2,1H3,(H,32,34). The fourth-order valence-corrected chi connectivity index (χ4v) is 4.86. The Hall–Kier alpha value is -3.79. The van der Waals surface area contributed by atoms with Crippen LogP contribution in [0.1, 0.15) is 21.5 Å². The Kier molecular flexibility index (Phi) is 6.45. The third kappa shape index (κ3) is 5.48. The van der Waals surface area contributed by atoms with Gasteiger partial charge >= 0.3 is 6.36 Å². The average molecular weight is 514 g/mol. The van der Waals surface area contributed by atoms with Crippen LogP contribution in [-0.2, 0) is 16.0 Å². The predicted octanol–water partition coefficient (Wildman–Crippen LogP) is 4.09. The van der Waals surface area contributed by atoms with Gasteiger partial charge in [0.25, 0.3) is 5.91 Å². The summed E-state index contributed by atoms with van der Waals surface area (Å²) in [5.74, 6) is -0.872. The summed E-state index contributed by atoms with van der Waals surface area (Å²) in [6, 6.07) is 14.8. The number of ether oxygens (including phenoxy) is 2. The number of hydrogen-bond acceptors (Lipinski definition) is 4. The van der Waals surface area contributed by atoms with E-state index in [1.165, 1.54) is 18.2 Å². The number of carbonyl (C=O) groups excluding carboxylic acids is 2. The van der Waals surface area contributed by atoms with Crippen LogP contribution in [0.4, 0.5) is 13.2 Å². The van der Waals surface area contributed by atoms with Crippen molar-refractivity contribution in [2.24, 2.45) is 5.41 Å². The molecule has 0 saturated carbocycles. The van der Waals surface area contributed by atoms with Crippen molar-refractivity contribution in [2.45, 2.75) is 25.7 Å². The molecular formula is C27H26F3N3O4. The Balaban J connectivity index is 1.24. The minimum absolute atomic E-state index is 0.117. The Morgan fingerprint density at radius 2 is 1.92 bits per heavy atom. The van der Waals surface area contributed by atoms with E-state index in [1.807, 2.05) is 37.3 Å². The van der Waals surface area contributed by atoms with Crippen LogP contribution in [0, 0.1) is 12.3 Å². The molecule has 1 aromatic heterocycles. The third-order valence-corrected chi connectivity index (χ3v) is 6.84. The number of hydrogen-bond donors (Lipinski definition) is 2. The zero-order valence-corrected chi connectivity index (χ0v) is 20.1. The number of aromatic amines is 1. The normalized spacial score (nSPS) is 18.5. The van der Waals surface area contributed by atoms with E-state index in [0.29, 0.717) is 37.4 Å². The molecule has 0 aliphatic carbocycles. The number of halogens is 3. The molecule has 37 heavy (non-hydrogen) atoms. The largest absolute Gasteiger partial charge is 0.573 e. The number of alkyl halides is 3. The highest BCUT2D eigenvalue weighted by Crippen LogP contribution is 2.39. The number of aromatic nitrogens is 1. The first-order valence-electron chi connectivity index (χ1n) is 11.9. The van der Waals surface area contributed by atoms with Crippen molar-refractivity contribution in [1.29, 1.82) is 0 Å². The zero-order valence-electron chi connectivity index (χ0n) is 20.1. The van der Waals surface area contributed by atoms with E-state index in [1.54, 1.807) is 17.2 Å². The summed E-state index contributed by atoms with van der Waals surface area (Å²) in [4.78, 5) is 31.0. The molecule has 1 atom stereocenters. The quantitative estimate of drug-likeness (QED) is 0.520. The monoisotopic (exact) mass is 513 g/mol. The molecule has 7 nitrogen and oxygen atoms in total. The maximum Gasteiger partial charge on any atom is 0.573 e. The van der Waals surface area contributed by atoms with Gasteiger partial charge in [0.05, 0.1) is 36.7 Å². The maximum atomic E-state index is 13.3. The van der Waals surface area contributed by atoms with Crippen molar-refractivity contribution >= 4 is 11.8 Å². The van der Waals surface area contributed by atoms with Crippen molar-refractivity contribution in [3.8, 4) is 17.0 Å². The molecule has 2 saturated heterocycles. The number of H-pyrrole nitrogens is 1. The van der Waals surface area contributed by atoms with Gasteiger partial charge in [-0.25, -0.2) is 0 Å². The van der Waals surface area contributed by atoms with Crippen molar-refractivity contribution < 1.29 is 32.2 Å². The number of nitrogens with zero attached hydrogens (tertiary/aromatic N) is 1. The van der Waals surface area contributed by atoms with Crippen LogP contribution in [-0.4, -0.2) is 60.4 Å². The van der Waals surface area contributed by atoms with Gasteiger partial charge in [-0.2, -0.15) is 0 Å². The Bertz CT molecular complexity index is 1300. The molecule has 2 amide bonds. The number of benzene rings is 2. The van der Waals surface area contributed by atoms with Crippen LogP contribution in [0.2, 0.25) is 0 Å². The van der Waals surface area contributed by atoms with Crippen LogP contribution in [0.5, 0.6) is 5.75 Å². The van der Waals surface area contributed by atoms with E-state index in [4.69, 9.17) is 4.74 Å². The highest BCUT2D eigenvalue weighted by atomic mass is 19.4. The molecule has 1 spiro atoms. The number of likely N-dealkylation sites (tertiary alicyclic amines) is 1. The highest BCUT2D eigenvalue weighted by Gasteiger charge is 2.53. The summed E-state index contributed by atoms with van der Waals surface area (Å²) in [5.41, 5.74) is 3.49. The molecule has 10 heteroatoms. The third-order valence-electron chi connectivity index (χ3n) is 6.84. The minimum atomic E-state index is -4.81. The van der Waals surface area contributed by atoms with Crippen LogP contribution in [0.25, 0.3) is 11.3 Å². The van der Waals surface area contributed by atoms with Crippen LogP contribution in [0.15, 0.2) is 60.8 Å². The summed E-state index contributed by atoms with van der Waals surface area (Å²) in [6.45, 7) is 3.60. The molecular weight excluding hydrogens is 487 g/mol. The fraction of sp³-hybridized carbons (Fsp3) is 0.333. The van der Waals surface area contributed by atoms with Crippen LogP contribution in [0.3, 0.4) is 0 Å². The van der Waals surface area contributed by atoms with Crippen LogP contribution < -0.4 is 10.1 Å². The Labute approximate surface area is 211 Å². The van der Waals surface area contributed by atoms with E-state index in [2.05, 4.69) is 15.0 Å². The lowest BCUT2D eigenvalue weighted by molar-refractivity contribution is -0.274. The van der Waals surface area contributed by atoms with Crippen LogP contribution >= 0.6 is 0 Å². The van der Waals surface area contributed by atoms with Gasteiger partial charge in [-0.3, -0.25) is 9.59 Å². The molecule has 2 N–H and O–H groups in total. The Morgan fingerprint density at radius 1 is 1.16 bits per heavy atom. The Morgan fingerprint density at radius 3 is 2.59 bits per heavy atom. The van der Waals surface area contributed by atoms with Gasteiger partial charge in [0, 0.05) is 25.0 Å². The van der Waals surface area contributed by atoms with Gasteiger partial charge in [0.2, 0.25) is 5.91 Å². The second-order valence-electron chi connectivity index (χ2n) is 9.70. The van der Waals surface area contributed by atoms with Gasteiger partial charge in [0.1, 0.15) is 5.75 Å². The molecule has 3 aromatic rings. The van der Waals surface area contributed by atoms with E-state index in [0.717, 1.165) is 16.8 Å². The molecule has 0 radical (unpaired) electrons. The van der Waals surface area contributed by atoms with E-state index in [9.17, 15) is 22.8 Å². The smallest absolute Gasteiger partial charge is 0.406 e. The molecule has 3 heterocycles. The van der Waals surface area contributed by atoms with E-state index < -0.39 is 6.36 Å². The van der Waals surface area contributed by atoms with Gasteiger partial charge in [-0.15, -0.1) is 13.2 Å². The highest BCUT2D eigenvalue weighted by molar-refractivity contribution is 5.95. The average Bonchev–Trinajstić information content (AvgIpc) is 3.44. The lowest BCUT2D eigenvalue weighted by atomic mass is 9.81. The molecule has 2 aliphatic heterocycles. The fourth-order valence-electron chi connectivity index (χ4n) is 4.86. The van der Waals surface area contributed by atoms with Gasteiger partial charge in [-0.1, -0.05) is 42.0 Å². The number of nitrogens with one attached hydrogen (secondary N) is 2. The summed E-state index contributed by atoms with van der Waals surface area (Å²) >= 11 is 0. The van der Waals surface area contributed by atoms with Crippen molar-refractivity contribution in [3.63, 3.8) is 0 Å². The molecule has 5 rings (SSSR count). The molecule has 0 bridgehead atoms. The van der Waals surface area contributed by atoms with Gasteiger partial charge in [-0.05, 0) is 36.2 Å². The topological polar surface area (TPSA) is 83.7 Å². The minimum Gasteiger partial charge on any atom is -0.406 e. The first-order chi connectivity index (χ1) is 17.6. The maximum absolute atomic E-state index is 13.3. The number of carbonyl (C=O) groups is 2. The van der Waals surface area contributed by atoms with Crippen molar-refractivity contribution in [2.75, 3.05) is 26.3 Å². The lowest BCUT2D eigenvalue weighted by Gasteiger charge is -2.42. The first kappa shape index (κ1) is 24.9. The summed E-state index contributed by atoms with van der Waals surface area (Å²) in [6.07, 6.45) is -3.24. The molecule has 2 fully saturated rings. The second kappa shape index (κ2) is 9.59. The molecule has 2 aliphatic rings. The lowest BCUT2D eigenvalue weighted by Crippen LogP contribution is -2.57. The van der Waals surface area contributed by atoms with Gasteiger partial charge in [0.15, 0.2) is 0 Å². The van der Waals surface area contributed by atoms with Gasteiger partial charge < -0.3 is 24.7 Å². The number of rotatable bonds is 6. The SMILES string of the molecule is Cc1ccc(-c2cc(C(=O)N3CC(NC(=O)Cc4cccc(OC(F)(F)F)c4)C4(COC4)C3)c[nH]2)cc1. The first-order valence-corrected chi connectivity index (χ1v) is 11.9. The summed E-state index contributed by atoms with van der Waals surface area (Å²) in [5, 5.41) is 2.98. The van der Waals surface area contributed by atoms with E-state index >= 15 is 0 Å². The molecule has 194 valence electrons. The molecule has 2 aromatic carbocycles. The van der Waals surface area contributed by atoms with Crippen molar-refractivity contribution in [1.82, 2.24) is 15.2 Å².